The molecule has 0 spiro atoms. The molecule has 0 fully saturated rings. The van der Waals surface area contributed by atoms with Crippen molar-refractivity contribution >= 4 is 24.1 Å². The Balaban J connectivity index is 0.00000162. The quantitative estimate of drug-likeness (QED) is 0.497. The van der Waals surface area contributed by atoms with Gasteiger partial charge in [0.1, 0.15) is 6.04 Å². The molecule has 1 aromatic carbocycles. The first kappa shape index (κ1) is 14.4. The highest BCUT2D eigenvalue weighted by Gasteiger charge is 2.25. The molecule has 0 bridgehead atoms. The minimum atomic E-state index is -0.424. The van der Waals surface area contributed by atoms with Crippen molar-refractivity contribution in [3.05, 3.63) is 39.4 Å². The van der Waals surface area contributed by atoms with Gasteiger partial charge in [0, 0.05) is 18.7 Å². The fourth-order valence-corrected chi connectivity index (χ4v) is 1.92. The zero-order valence-electron chi connectivity index (χ0n) is 9.71. The Bertz CT molecular complexity index is 478. The molecule has 98 valence electrons. The number of carbonyl (C=O) groups is 1. The monoisotopic (exact) mass is 272 g/mol. The number of hydrogen-bond donors (Lipinski definition) is 1. The van der Waals surface area contributed by atoms with Gasteiger partial charge in [-0.3, -0.25) is 14.9 Å². The Morgan fingerprint density at radius 3 is 2.83 bits per heavy atom. The molecule has 18 heavy (non-hydrogen) atoms. The van der Waals surface area contributed by atoms with E-state index in [2.05, 4.69) is 10.1 Å². The van der Waals surface area contributed by atoms with Crippen LogP contribution >= 0.6 is 12.4 Å². The summed E-state index contributed by atoms with van der Waals surface area (Å²) in [6.07, 6.45) is 0.500. The van der Waals surface area contributed by atoms with Gasteiger partial charge in [-0.15, -0.1) is 12.4 Å². The van der Waals surface area contributed by atoms with E-state index in [-0.39, 0.29) is 30.1 Å². The molecule has 0 saturated heterocycles. The summed E-state index contributed by atoms with van der Waals surface area (Å²) in [4.78, 5) is 21.6. The van der Waals surface area contributed by atoms with Gasteiger partial charge in [0.2, 0.25) is 0 Å². The Morgan fingerprint density at radius 1 is 1.50 bits per heavy atom. The SMILES string of the molecule is COC(=O)[C@@H]1Cc2ccc([N+](=O)[O-])cc2CN1.Cl. The van der Waals surface area contributed by atoms with Crippen LogP contribution in [0.2, 0.25) is 0 Å². The first-order chi connectivity index (χ1) is 8.11. The molecule has 1 aliphatic heterocycles. The van der Waals surface area contributed by atoms with Crippen molar-refractivity contribution in [3.8, 4) is 0 Å². The fourth-order valence-electron chi connectivity index (χ4n) is 1.92. The fraction of sp³-hybridized carbons (Fsp3) is 0.364. The minimum Gasteiger partial charge on any atom is -0.468 e. The number of carbonyl (C=O) groups excluding carboxylic acids is 1. The van der Waals surface area contributed by atoms with Gasteiger partial charge in [-0.1, -0.05) is 6.07 Å². The minimum absolute atomic E-state index is 0. The van der Waals surface area contributed by atoms with E-state index in [0.29, 0.717) is 13.0 Å². The van der Waals surface area contributed by atoms with Crippen LogP contribution in [-0.4, -0.2) is 24.0 Å². The van der Waals surface area contributed by atoms with Crippen LogP contribution in [0.4, 0.5) is 5.69 Å². The third-order valence-corrected chi connectivity index (χ3v) is 2.85. The van der Waals surface area contributed by atoms with E-state index in [1.54, 1.807) is 6.07 Å². The molecule has 1 atom stereocenters. The summed E-state index contributed by atoms with van der Waals surface area (Å²) in [6.45, 7) is 0.441. The van der Waals surface area contributed by atoms with Crippen LogP contribution in [0.5, 0.6) is 0 Å². The van der Waals surface area contributed by atoms with Gasteiger partial charge in [-0.25, -0.2) is 0 Å². The Kier molecular flexibility index (Phi) is 4.63. The first-order valence-electron chi connectivity index (χ1n) is 5.19. The molecule has 0 aromatic heterocycles. The maximum atomic E-state index is 11.4. The van der Waals surface area contributed by atoms with Gasteiger partial charge >= 0.3 is 5.97 Å². The second kappa shape index (κ2) is 5.79. The summed E-state index contributed by atoms with van der Waals surface area (Å²) in [5, 5.41) is 13.6. The number of ether oxygens (including phenoxy) is 1. The zero-order valence-corrected chi connectivity index (χ0v) is 10.5. The molecule has 1 aromatic rings. The smallest absolute Gasteiger partial charge is 0.323 e. The van der Waals surface area contributed by atoms with Crippen LogP contribution in [0.1, 0.15) is 11.1 Å². The number of nitrogens with zero attached hydrogens (tertiary/aromatic N) is 1. The predicted octanol–water partition coefficient (Wildman–Crippen LogP) is 1.20. The van der Waals surface area contributed by atoms with Gasteiger partial charge < -0.3 is 10.1 Å². The molecule has 0 saturated carbocycles. The summed E-state index contributed by atoms with van der Waals surface area (Å²) in [5.74, 6) is -0.311. The van der Waals surface area contributed by atoms with E-state index in [1.165, 1.54) is 19.2 Å². The number of non-ortho nitro benzene ring substituents is 1. The van der Waals surface area contributed by atoms with Crippen molar-refractivity contribution in [1.82, 2.24) is 5.32 Å². The van der Waals surface area contributed by atoms with Gasteiger partial charge in [0.05, 0.1) is 12.0 Å². The number of nitro benzene ring substituents is 1. The van der Waals surface area contributed by atoms with Gasteiger partial charge in [-0.05, 0) is 17.5 Å². The van der Waals surface area contributed by atoms with Crippen LogP contribution in [0.25, 0.3) is 0 Å². The molecule has 6 nitrogen and oxygen atoms in total. The molecular formula is C11H13ClN2O4. The number of methoxy groups -OCH3 is 1. The number of rotatable bonds is 2. The van der Waals surface area contributed by atoms with Crippen molar-refractivity contribution in [2.45, 2.75) is 19.0 Å². The number of nitro groups is 1. The lowest BCUT2D eigenvalue weighted by Crippen LogP contribution is -2.42. The largest absolute Gasteiger partial charge is 0.468 e. The zero-order chi connectivity index (χ0) is 12.4. The molecule has 0 unspecified atom stereocenters. The van der Waals surface area contributed by atoms with E-state index in [9.17, 15) is 14.9 Å². The summed E-state index contributed by atoms with van der Waals surface area (Å²) < 4.78 is 4.66. The van der Waals surface area contributed by atoms with Crippen LogP contribution in [0.3, 0.4) is 0 Å². The molecule has 1 heterocycles. The number of benzene rings is 1. The highest BCUT2D eigenvalue weighted by atomic mass is 35.5. The summed E-state index contributed by atoms with van der Waals surface area (Å²) >= 11 is 0. The lowest BCUT2D eigenvalue weighted by Gasteiger charge is -2.23. The maximum absolute atomic E-state index is 11.4. The lowest BCUT2D eigenvalue weighted by atomic mass is 9.95. The Hall–Kier alpha value is -1.66. The number of fused-ring (bicyclic) bond motifs is 1. The third-order valence-electron chi connectivity index (χ3n) is 2.85. The third kappa shape index (κ3) is 2.77. The van der Waals surface area contributed by atoms with Crippen molar-refractivity contribution in [2.75, 3.05) is 7.11 Å². The van der Waals surface area contributed by atoms with E-state index in [1.807, 2.05) is 0 Å². The summed E-state index contributed by atoms with van der Waals surface area (Å²) in [7, 11) is 1.34. The Morgan fingerprint density at radius 2 is 2.22 bits per heavy atom. The van der Waals surface area contributed by atoms with Crippen LogP contribution in [-0.2, 0) is 22.5 Å². The maximum Gasteiger partial charge on any atom is 0.323 e. The standard InChI is InChI=1S/C11H12N2O4.ClH/c1-17-11(14)10-5-7-2-3-9(13(15)16)4-8(7)6-12-10;/h2-4,10,12H,5-6H2,1H3;1H/t10-;/m0./s1. The average molecular weight is 273 g/mol. The number of nitrogens with one attached hydrogen (secondary N) is 1. The normalized spacial score (nSPS) is 17.3. The lowest BCUT2D eigenvalue weighted by molar-refractivity contribution is -0.384. The Labute approximate surface area is 110 Å². The molecule has 2 rings (SSSR count). The van der Waals surface area contributed by atoms with Crippen molar-refractivity contribution in [3.63, 3.8) is 0 Å². The highest BCUT2D eigenvalue weighted by Crippen LogP contribution is 2.22. The highest BCUT2D eigenvalue weighted by molar-refractivity contribution is 5.85. The number of halogens is 1. The van der Waals surface area contributed by atoms with Gasteiger partial charge in [0.25, 0.3) is 5.69 Å². The average Bonchev–Trinajstić information content (AvgIpc) is 2.36. The molecule has 0 aliphatic carbocycles. The van der Waals surface area contributed by atoms with Crippen LogP contribution < -0.4 is 5.32 Å². The van der Waals surface area contributed by atoms with E-state index in [4.69, 9.17) is 0 Å². The van der Waals surface area contributed by atoms with Crippen LogP contribution in [0, 0.1) is 10.1 Å². The molecule has 0 amide bonds. The van der Waals surface area contributed by atoms with E-state index >= 15 is 0 Å². The van der Waals surface area contributed by atoms with Gasteiger partial charge in [0.15, 0.2) is 0 Å². The summed E-state index contributed by atoms with van der Waals surface area (Å²) in [6, 6.07) is 4.33. The number of hydrogen-bond acceptors (Lipinski definition) is 5. The molecular weight excluding hydrogens is 260 g/mol. The van der Waals surface area contributed by atoms with Crippen molar-refractivity contribution < 1.29 is 14.5 Å². The topological polar surface area (TPSA) is 81.5 Å². The molecule has 1 N–H and O–H groups in total. The van der Waals surface area contributed by atoms with Crippen LogP contribution in [0.15, 0.2) is 18.2 Å². The predicted molar refractivity (Wildman–Crippen MR) is 66.7 cm³/mol. The van der Waals surface area contributed by atoms with Gasteiger partial charge in [-0.2, -0.15) is 0 Å². The molecule has 0 radical (unpaired) electrons. The summed E-state index contributed by atoms with van der Waals surface area (Å²) in [5.41, 5.74) is 1.88. The second-order valence-electron chi connectivity index (χ2n) is 3.87. The number of esters is 1. The van der Waals surface area contributed by atoms with Crippen molar-refractivity contribution in [2.24, 2.45) is 0 Å². The van der Waals surface area contributed by atoms with Crippen molar-refractivity contribution in [1.29, 1.82) is 0 Å². The van der Waals surface area contributed by atoms with E-state index < -0.39 is 4.92 Å². The molecule has 7 heteroatoms. The first-order valence-corrected chi connectivity index (χ1v) is 5.19. The molecule has 1 aliphatic rings. The van der Waals surface area contributed by atoms with E-state index in [0.717, 1.165) is 11.1 Å². The second-order valence-corrected chi connectivity index (χ2v) is 3.87.